The maximum atomic E-state index is 15.0. The molecule has 18 nitrogen and oxygen atoms in total. The number of hydrogen-bond donors (Lipinski definition) is 6. The third-order valence-corrected chi connectivity index (χ3v) is 14.0. The predicted octanol–water partition coefficient (Wildman–Crippen LogP) is 9.04. The fourth-order valence-corrected chi connectivity index (χ4v) is 10.2. The Bertz CT molecular complexity index is 2660. The summed E-state index contributed by atoms with van der Waals surface area (Å²) in [4.78, 5) is 20.9. The fraction of sp³-hybridized carbons (Fsp3) is 0.522. The van der Waals surface area contributed by atoms with Gasteiger partial charge in [-0.15, -0.1) is 5.10 Å². The first-order valence-corrected chi connectivity index (χ1v) is 24.1. The summed E-state index contributed by atoms with van der Waals surface area (Å²) in [6.45, 7) is 7.79. The molecule has 2 saturated carbocycles. The number of nitrogen functional groups attached to an aromatic ring is 1. The van der Waals surface area contributed by atoms with E-state index in [1.54, 1.807) is 17.7 Å². The molecule has 69 heavy (non-hydrogen) atoms. The highest BCUT2D eigenvalue weighted by molar-refractivity contribution is 6.28. The number of rotatable bonds is 11. The van der Waals surface area contributed by atoms with Gasteiger partial charge in [-0.25, -0.2) is 32.5 Å². The number of nitrogens with zero attached hydrogens (tertiary/aromatic N) is 12. The maximum Gasteiger partial charge on any atom is 0.229 e. The van der Waals surface area contributed by atoms with Crippen molar-refractivity contribution in [3.8, 4) is 5.69 Å². The molecule has 0 bridgehead atoms. The molecule has 0 spiro atoms. The van der Waals surface area contributed by atoms with Gasteiger partial charge in [-0.1, -0.05) is 5.22 Å². The number of nitrogens with one attached hydrogen (secondary N) is 5. The van der Waals surface area contributed by atoms with Crippen molar-refractivity contribution in [3.63, 3.8) is 0 Å². The number of anilines is 6. The van der Waals surface area contributed by atoms with Crippen LogP contribution in [0.2, 0.25) is 5.28 Å². The lowest BCUT2D eigenvalue weighted by atomic mass is 9.97. The highest BCUT2D eigenvalue weighted by Gasteiger charge is 2.34. The lowest BCUT2D eigenvalue weighted by Crippen LogP contribution is -2.43. The third kappa shape index (κ3) is 11.3. The Kier molecular flexibility index (Phi) is 14.5. The van der Waals surface area contributed by atoms with Gasteiger partial charge in [-0.05, 0) is 173 Å². The number of benzene rings is 2. The Morgan fingerprint density at radius 1 is 0.768 bits per heavy atom. The van der Waals surface area contributed by atoms with Crippen molar-refractivity contribution in [2.75, 3.05) is 52.9 Å². The number of fused-ring (bicyclic) bond motifs is 2. The van der Waals surface area contributed by atoms with E-state index in [2.05, 4.69) is 66.4 Å². The zero-order valence-corrected chi connectivity index (χ0v) is 39.3. The summed E-state index contributed by atoms with van der Waals surface area (Å²) in [5.41, 5.74) is 15.7. The molecule has 366 valence electrons. The van der Waals surface area contributed by atoms with Crippen LogP contribution in [0.3, 0.4) is 0 Å². The van der Waals surface area contributed by atoms with Crippen LogP contribution in [0, 0.1) is 41.1 Å². The molecular formula is C46H57ClF4N18. The summed E-state index contributed by atoms with van der Waals surface area (Å²) in [6, 6.07) is 7.67. The summed E-state index contributed by atoms with van der Waals surface area (Å²) in [6.07, 6.45) is 15.2. The van der Waals surface area contributed by atoms with Crippen molar-refractivity contribution >= 4 is 52.1 Å². The van der Waals surface area contributed by atoms with Crippen LogP contribution < -0.4 is 26.7 Å². The topological polar surface area (TPSA) is 227 Å². The van der Waals surface area contributed by atoms with E-state index >= 15 is 4.39 Å². The van der Waals surface area contributed by atoms with Crippen molar-refractivity contribution in [2.24, 2.45) is 5.22 Å². The number of amidine groups is 1. The molecule has 6 aliphatic rings. The van der Waals surface area contributed by atoms with E-state index in [1.165, 1.54) is 57.4 Å². The highest BCUT2D eigenvalue weighted by atomic mass is 35.5. The van der Waals surface area contributed by atoms with Crippen LogP contribution in [-0.4, -0.2) is 106 Å². The number of hydrogen-bond acceptors (Lipinski definition) is 16. The van der Waals surface area contributed by atoms with Gasteiger partial charge in [0.2, 0.25) is 11.2 Å². The van der Waals surface area contributed by atoms with Gasteiger partial charge in [0.15, 0.2) is 29.1 Å². The standard InChI is InChI=1S/C23H27F2N9.C12H16ClFN4.C11H14FN5/c1-13-30-31-32-34(13)21-11-20(18(24)10-17(21)14-4-5-14)28-23-26-12-19(25)22(29-23)27-15-6-8-33-7-2-3-16(33)9-15;13-12-15-7-10(14)11(17-12)16-8-3-5-18-4-1-2-9(18)6-8;1-6(13)17(16-15)11-5-10(14)9(12)4-8(11)7-2-3-7/h10-12,14-16H,2-9H2,1H3,(H2,26,27,28,29);7-9H,1-6H2,(H,15,16,17);4-5,7,13,15H,2-3,14H2,1H3. The first-order valence-electron chi connectivity index (χ1n) is 23.7. The van der Waals surface area contributed by atoms with E-state index in [4.69, 9.17) is 28.3 Å². The first-order chi connectivity index (χ1) is 33.3. The van der Waals surface area contributed by atoms with Gasteiger partial charge in [0, 0.05) is 37.3 Å². The maximum absolute atomic E-state index is 15.0. The van der Waals surface area contributed by atoms with Crippen molar-refractivity contribution in [1.29, 1.82) is 10.9 Å². The number of aromatic nitrogens is 8. The molecule has 4 saturated heterocycles. The Balaban J connectivity index is 0.000000143. The Morgan fingerprint density at radius 2 is 1.36 bits per heavy atom. The molecule has 3 aromatic heterocycles. The highest BCUT2D eigenvalue weighted by Crippen LogP contribution is 2.46. The minimum Gasteiger partial charge on any atom is -0.396 e. The van der Waals surface area contributed by atoms with Crippen LogP contribution in [0.4, 0.5) is 52.2 Å². The quantitative estimate of drug-likeness (QED) is 0.0138. The Morgan fingerprint density at radius 3 is 1.94 bits per heavy atom. The SMILES string of the molecule is CC(=N)N(N=N)c1cc(N)c(F)cc1C1CC1.Cc1nnnn1-c1cc(Nc2ncc(F)c(NC3CCN4CCCC4C3)n2)c(F)cc1C1CC1.Fc1cnc(Cl)nc1NC1CCN2CCCC2C1. The third-order valence-electron chi connectivity index (χ3n) is 13.8. The van der Waals surface area contributed by atoms with Crippen LogP contribution in [0.25, 0.3) is 5.69 Å². The molecule has 6 fully saturated rings. The van der Waals surface area contributed by atoms with Gasteiger partial charge in [0.05, 0.1) is 35.1 Å². The number of halogens is 5. The van der Waals surface area contributed by atoms with E-state index in [0.717, 1.165) is 105 Å². The molecule has 7 heterocycles. The second-order valence-electron chi connectivity index (χ2n) is 18.8. The Hall–Kier alpha value is -6.13. The van der Waals surface area contributed by atoms with Crippen LogP contribution in [0.1, 0.15) is 113 Å². The predicted molar refractivity (Wildman–Crippen MR) is 254 cm³/mol. The van der Waals surface area contributed by atoms with Crippen LogP contribution in [0.5, 0.6) is 0 Å². The smallest absolute Gasteiger partial charge is 0.229 e. The summed E-state index contributed by atoms with van der Waals surface area (Å²) >= 11 is 5.69. The van der Waals surface area contributed by atoms with Crippen molar-refractivity contribution in [1.82, 2.24) is 49.9 Å². The molecule has 0 amide bonds. The number of piperidine rings is 2. The van der Waals surface area contributed by atoms with Crippen molar-refractivity contribution < 1.29 is 17.6 Å². The molecule has 4 atom stereocenters. The van der Waals surface area contributed by atoms with Gasteiger partial charge < -0.3 is 31.5 Å². The van der Waals surface area contributed by atoms with Crippen molar-refractivity contribution in [2.45, 2.75) is 127 Å². The molecule has 5 aromatic rings. The summed E-state index contributed by atoms with van der Waals surface area (Å²) in [7, 11) is 0. The van der Waals surface area contributed by atoms with Gasteiger partial charge >= 0.3 is 0 Å². The van der Waals surface area contributed by atoms with Gasteiger partial charge in [-0.2, -0.15) is 20.2 Å². The number of nitrogens with two attached hydrogens (primary N) is 1. The summed E-state index contributed by atoms with van der Waals surface area (Å²) in [5, 5.41) is 33.2. The minimum absolute atomic E-state index is 0.0132. The molecule has 4 unspecified atom stereocenters. The van der Waals surface area contributed by atoms with Gasteiger partial charge in [0.1, 0.15) is 17.5 Å². The molecule has 4 aliphatic heterocycles. The molecular weight excluding hydrogens is 916 g/mol. The molecule has 11 rings (SSSR count). The second kappa shape index (κ2) is 20.8. The molecule has 2 aromatic carbocycles. The lowest BCUT2D eigenvalue weighted by molar-refractivity contribution is 0.187. The van der Waals surface area contributed by atoms with E-state index in [-0.39, 0.29) is 52.2 Å². The molecule has 23 heteroatoms. The van der Waals surface area contributed by atoms with Crippen LogP contribution in [0.15, 0.2) is 41.9 Å². The van der Waals surface area contributed by atoms with Crippen molar-refractivity contribution in [3.05, 3.63) is 82.2 Å². The number of tetrazole rings is 1. The fourth-order valence-electron chi connectivity index (χ4n) is 10.0. The largest absolute Gasteiger partial charge is 0.396 e. The average Bonchev–Trinajstić information content (AvgIpc) is 4.22. The first kappa shape index (κ1) is 47.9. The molecule has 0 radical (unpaired) electrons. The lowest BCUT2D eigenvalue weighted by Gasteiger charge is -2.35. The second-order valence-corrected chi connectivity index (χ2v) is 19.1. The zero-order chi connectivity index (χ0) is 48.3. The van der Waals surface area contributed by atoms with E-state index in [9.17, 15) is 13.2 Å². The number of aryl methyl sites for hydroxylation is 1. The average molecular weight is 974 g/mol. The van der Waals surface area contributed by atoms with E-state index in [1.807, 2.05) is 0 Å². The van der Waals surface area contributed by atoms with Crippen LogP contribution in [-0.2, 0) is 0 Å². The zero-order valence-electron chi connectivity index (χ0n) is 38.6. The summed E-state index contributed by atoms with van der Waals surface area (Å²) < 4.78 is 58.2. The minimum atomic E-state index is -0.519. The summed E-state index contributed by atoms with van der Waals surface area (Å²) in [5.74, 6) is -0.0374. The molecule has 7 N–H and O–H groups in total. The molecule has 2 aliphatic carbocycles. The van der Waals surface area contributed by atoms with E-state index in [0.29, 0.717) is 35.4 Å². The van der Waals surface area contributed by atoms with Crippen LogP contribution >= 0.6 is 11.6 Å². The Labute approximate surface area is 402 Å². The van der Waals surface area contributed by atoms with E-state index < -0.39 is 23.3 Å². The monoisotopic (exact) mass is 972 g/mol. The van der Waals surface area contributed by atoms with Gasteiger partial charge in [0.25, 0.3) is 0 Å². The van der Waals surface area contributed by atoms with Gasteiger partial charge in [-0.3, -0.25) is 5.41 Å². The normalized spacial score (nSPS) is 22.0.